The summed E-state index contributed by atoms with van der Waals surface area (Å²) in [5.74, 6) is -1.71. The number of halogens is 4. The van der Waals surface area contributed by atoms with Gasteiger partial charge in [0.05, 0.1) is 27.9 Å². The van der Waals surface area contributed by atoms with Crippen molar-refractivity contribution in [2.45, 2.75) is 58.4 Å². The summed E-state index contributed by atoms with van der Waals surface area (Å²) < 4.78 is 46.0. The van der Waals surface area contributed by atoms with Crippen LogP contribution in [0.3, 0.4) is 0 Å². The molecule has 2 aliphatic heterocycles. The molecule has 4 amide bonds. The van der Waals surface area contributed by atoms with E-state index >= 15 is 0 Å². The van der Waals surface area contributed by atoms with E-state index in [1.807, 2.05) is 0 Å². The van der Waals surface area contributed by atoms with E-state index in [9.17, 15) is 32.3 Å². The lowest BCUT2D eigenvalue weighted by Gasteiger charge is -2.40. The molecule has 47 heavy (non-hydrogen) atoms. The summed E-state index contributed by atoms with van der Waals surface area (Å²) in [6.07, 6.45) is -5.04. The highest BCUT2D eigenvalue weighted by atomic mass is 35.5. The lowest BCUT2D eigenvalue weighted by molar-refractivity contribution is -0.139. The number of benzene rings is 1. The lowest BCUT2D eigenvalue weighted by Crippen LogP contribution is -2.57. The topological polar surface area (TPSA) is 107 Å². The monoisotopic (exact) mass is 680 g/mol. The third-order valence-corrected chi connectivity index (χ3v) is 8.38. The van der Waals surface area contributed by atoms with Crippen molar-refractivity contribution >= 4 is 52.6 Å². The summed E-state index contributed by atoms with van der Waals surface area (Å²) >= 11 is 6.62. The van der Waals surface area contributed by atoms with E-state index in [-0.39, 0.29) is 49.3 Å². The van der Waals surface area contributed by atoms with Gasteiger partial charge < -0.3 is 24.3 Å². The molecule has 0 bridgehead atoms. The van der Waals surface area contributed by atoms with Crippen LogP contribution in [0.25, 0.3) is 0 Å². The predicted molar refractivity (Wildman–Crippen MR) is 172 cm³/mol. The van der Waals surface area contributed by atoms with Crippen LogP contribution in [-0.2, 0) is 25.3 Å². The summed E-state index contributed by atoms with van der Waals surface area (Å²) in [6, 6.07) is 5.59. The molecule has 1 atom stereocenters. The van der Waals surface area contributed by atoms with Crippen molar-refractivity contribution in [3.63, 3.8) is 0 Å². The minimum Gasteiger partial charge on any atom is -0.444 e. The minimum absolute atomic E-state index is 0.0274. The largest absolute Gasteiger partial charge is 0.444 e. The van der Waals surface area contributed by atoms with Gasteiger partial charge in [-0.1, -0.05) is 17.7 Å². The van der Waals surface area contributed by atoms with Crippen LogP contribution in [0.2, 0.25) is 5.02 Å². The Morgan fingerprint density at radius 1 is 1.04 bits per heavy atom. The number of likely N-dealkylation sites (N-methyl/N-ethyl adjacent to an activating group) is 3. The number of pyridine rings is 1. The van der Waals surface area contributed by atoms with E-state index < -0.39 is 41.3 Å². The van der Waals surface area contributed by atoms with Gasteiger partial charge in [-0.25, -0.2) is 9.78 Å². The van der Waals surface area contributed by atoms with Gasteiger partial charge in [0.25, 0.3) is 0 Å². The van der Waals surface area contributed by atoms with Gasteiger partial charge in [0.1, 0.15) is 17.5 Å². The molecule has 4 rings (SSSR count). The van der Waals surface area contributed by atoms with Crippen molar-refractivity contribution in [1.82, 2.24) is 14.8 Å². The maximum absolute atomic E-state index is 13.9. The first-order valence-corrected chi connectivity index (χ1v) is 15.5. The van der Waals surface area contributed by atoms with Crippen LogP contribution in [0.1, 0.15) is 44.9 Å². The molecule has 2 aromatic rings. The van der Waals surface area contributed by atoms with E-state index in [1.165, 1.54) is 23.8 Å². The first-order valence-electron chi connectivity index (χ1n) is 15.2. The SMILES string of the molecule is Cc1cc(C(F)(F)F)cc(N2C(=O)CCC2C(=O)N(C)c2cccc(Cl)c2N(C)CCN(C)C(=O)C2CN(C(=O)OC(C)(C)C)C2)n1. The third kappa shape index (κ3) is 8.09. The molecule has 3 heterocycles. The van der Waals surface area contributed by atoms with Crippen molar-refractivity contribution in [1.29, 1.82) is 0 Å². The second-order valence-corrected chi connectivity index (χ2v) is 13.3. The first-order chi connectivity index (χ1) is 21.8. The Balaban J connectivity index is 1.45. The summed E-state index contributed by atoms with van der Waals surface area (Å²) in [7, 11) is 4.94. The second-order valence-electron chi connectivity index (χ2n) is 12.9. The number of aromatic nitrogens is 1. The number of anilines is 3. The summed E-state index contributed by atoms with van der Waals surface area (Å²) in [4.78, 5) is 63.4. The number of hydrogen-bond acceptors (Lipinski definition) is 7. The molecule has 2 fully saturated rings. The number of aryl methyl sites for hydroxylation is 1. The number of rotatable bonds is 8. The predicted octanol–water partition coefficient (Wildman–Crippen LogP) is 4.98. The fraction of sp³-hybridized carbons (Fsp3) is 0.531. The van der Waals surface area contributed by atoms with Gasteiger partial charge in [0.15, 0.2) is 0 Å². The highest BCUT2D eigenvalue weighted by Crippen LogP contribution is 2.38. The van der Waals surface area contributed by atoms with Crippen molar-refractivity contribution < 1.29 is 37.1 Å². The molecule has 256 valence electrons. The minimum atomic E-state index is -4.65. The van der Waals surface area contributed by atoms with Gasteiger partial charge in [-0.05, 0) is 58.4 Å². The summed E-state index contributed by atoms with van der Waals surface area (Å²) in [6.45, 7) is 7.91. The smallest absolute Gasteiger partial charge is 0.416 e. The van der Waals surface area contributed by atoms with Crippen molar-refractivity contribution in [2.75, 3.05) is 62.0 Å². The van der Waals surface area contributed by atoms with E-state index in [4.69, 9.17) is 16.3 Å². The molecule has 2 aliphatic rings. The average Bonchev–Trinajstić information content (AvgIpc) is 3.33. The fourth-order valence-electron chi connectivity index (χ4n) is 5.58. The molecule has 0 spiro atoms. The van der Waals surface area contributed by atoms with E-state index in [2.05, 4.69) is 4.98 Å². The lowest BCUT2D eigenvalue weighted by atomic mass is 9.99. The maximum atomic E-state index is 13.9. The first kappa shape index (κ1) is 35.8. The van der Waals surface area contributed by atoms with E-state index in [0.29, 0.717) is 29.5 Å². The molecule has 1 aromatic carbocycles. The number of likely N-dealkylation sites (tertiary alicyclic amines) is 1. The zero-order valence-electron chi connectivity index (χ0n) is 27.5. The Labute approximate surface area is 277 Å². The van der Waals surface area contributed by atoms with Crippen LogP contribution in [0.15, 0.2) is 30.3 Å². The number of amides is 4. The van der Waals surface area contributed by atoms with Crippen molar-refractivity contribution in [3.05, 3.63) is 46.6 Å². The number of carbonyl (C=O) groups excluding carboxylic acids is 4. The van der Waals surface area contributed by atoms with Crippen molar-refractivity contribution in [3.8, 4) is 0 Å². The van der Waals surface area contributed by atoms with Crippen LogP contribution in [0.5, 0.6) is 0 Å². The number of para-hydroxylation sites is 1. The second kappa shape index (κ2) is 13.6. The van der Waals surface area contributed by atoms with Crippen LogP contribution in [0, 0.1) is 12.8 Å². The molecule has 11 nitrogen and oxygen atoms in total. The molecule has 0 aliphatic carbocycles. The Morgan fingerprint density at radius 2 is 1.70 bits per heavy atom. The van der Waals surface area contributed by atoms with Crippen LogP contribution >= 0.6 is 11.6 Å². The summed E-state index contributed by atoms with van der Waals surface area (Å²) in [5.41, 5.74) is -0.613. The van der Waals surface area contributed by atoms with E-state index in [0.717, 1.165) is 17.0 Å². The van der Waals surface area contributed by atoms with Gasteiger partial charge in [-0.3, -0.25) is 19.3 Å². The Bertz CT molecular complexity index is 1540. The van der Waals surface area contributed by atoms with Gasteiger partial charge in [0, 0.05) is 59.4 Å². The van der Waals surface area contributed by atoms with Crippen molar-refractivity contribution in [2.24, 2.45) is 5.92 Å². The molecule has 0 saturated carbocycles. The van der Waals surface area contributed by atoms with Gasteiger partial charge in [0.2, 0.25) is 17.7 Å². The fourth-order valence-corrected chi connectivity index (χ4v) is 5.90. The molecule has 1 aromatic heterocycles. The zero-order chi connectivity index (χ0) is 35.0. The molecule has 2 saturated heterocycles. The third-order valence-electron chi connectivity index (χ3n) is 8.08. The molecule has 15 heteroatoms. The standard InChI is InChI=1S/C32H40ClF3N6O5/c1-19-15-21(32(34,35)36)16-25(37-19)42-24(11-12-26(42)43)29(45)40(7)23-10-8-9-22(33)27(23)38(5)13-14-39(6)28(44)20-17-41(18-20)30(46)47-31(2,3)4/h8-10,15-16,20,24H,11-14,17-18H2,1-7H3. The van der Waals surface area contributed by atoms with Crippen LogP contribution in [0.4, 0.5) is 35.2 Å². The average molecular weight is 681 g/mol. The summed E-state index contributed by atoms with van der Waals surface area (Å²) in [5, 5.41) is 0.333. The van der Waals surface area contributed by atoms with E-state index in [1.54, 1.807) is 62.9 Å². The molecule has 0 N–H and O–H groups in total. The number of hydrogen-bond donors (Lipinski definition) is 0. The Hall–Kier alpha value is -4.07. The number of ether oxygens (including phenoxy) is 1. The van der Waals surface area contributed by atoms with Gasteiger partial charge >= 0.3 is 12.3 Å². The highest BCUT2D eigenvalue weighted by Gasteiger charge is 2.42. The van der Waals surface area contributed by atoms with Gasteiger partial charge in [-0.2, -0.15) is 13.2 Å². The maximum Gasteiger partial charge on any atom is 0.416 e. The zero-order valence-corrected chi connectivity index (χ0v) is 28.3. The van der Waals surface area contributed by atoms with Crippen LogP contribution < -0.4 is 14.7 Å². The van der Waals surface area contributed by atoms with Gasteiger partial charge in [-0.15, -0.1) is 0 Å². The normalized spacial score (nSPS) is 17.0. The quantitative estimate of drug-likeness (QED) is 0.387. The molecule has 1 unspecified atom stereocenters. The Kier molecular flexibility index (Phi) is 10.3. The molecular formula is C32H40ClF3N6O5. The van der Waals surface area contributed by atoms with Crippen LogP contribution in [-0.4, -0.2) is 97.6 Å². The highest BCUT2D eigenvalue weighted by molar-refractivity contribution is 6.34. The Morgan fingerprint density at radius 3 is 2.32 bits per heavy atom. The molecular weight excluding hydrogens is 641 g/mol. The number of nitrogens with zero attached hydrogens (tertiary/aromatic N) is 6. The number of alkyl halides is 3. The molecule has 0 radical (unpaired) electrons. The number of carbonyl (C=O) groups is 4.